The zero-order valence-corrected chi connectivity index (χ0v) is 18.0. The van der Waals surface area contributed by atoms with Crippen LogP contribution in [0.25, 0.3) is 0 Å². The Morgan fingerprint density at radius 3 is 2.42 bits per heavy atom. The zero-order chi connectivity index (χ0) is 21.5. The molecule has 8 nitrogen and oxygen atoms in total. The highest BCUT2D eigenvalue weighted by Crippen LogP contribution is 2.24. The summed E-state index contributed by atoms with van der Waals surface area (Å²) in [4.78, 5) is 21.8. The van der Waals surface area contributed by atoms with E-state index in [0.29, 0.717) is 38.7 Å². The predicted octanol–water partition coefficient (Wildman–Crippen LogP) is 1.73. The van der Waals surface area contributed by atoms with Crippen molar-refractivity contribution in [2.24, 2.45) is 0 Å². The number of carbonyl (C=O) groups is 1. The quantitative estimate of drug-likeness (QED) is 0.723. The lowest BCUT2D eigenvalue weighted by Gasteiger charge is -2.35. The maximum atomic E-state index is 12.9. The molecule has 0 aliphatic carbocycles. The summed E-state index contributed by atoms with van der Waals surface area (Å²) in [5.74, 6) is 0.652. The van der Waals surface area contributed by atoms with Crippen molar-refractivity contribution in [3.63, 3.8) is 0 Å². The topological polar surface area (TPSA) is 76.2 Å². The van der Waals surface area contributed by atoms with E-state index in [2.05, 4.69) is 32.2 Å². The Bertz CT molecular complexity index is 849. The molecule has 1 unspecified atom stereocenters. The first-order chi connectivity index (χ1) is 15.2. The van der Waals surface area contributed by atoms with Crippen LogP contribution in [-0.4, -0.2) is 82.1 Å². The van der Waals surface area contributed by atoms with Gasteiger partial charge in [-0.25, -0.2) is 0 Å². The van der Waals surface area contributed by atoms with Gasteiger partial charge in [0.25, 0.3) is 5.91 Å². The third kappa shape index (κ3) is 5.52. The summed E-state index contributed by atoms with van der Waals surface area (Å²) < 4.78 is 16.2. The van der Waals surface area contributed by atoms with Gasteiger partial charge in [-0.05, 0) is 29.8 Å². The molecular weight excluding hydrogens is 396 g/mol. The standard InChI is InChI=1S/C23H30N4O4/c1-29-20-4-2-18(3-5-20)22(27-10-14-31-15-11-27)17-25-23(28)21-16-19(6-7-24-21)26-8-12-30-13-9-26/h2-7,16,22H,8-15,17H2,1H3,(H,25,28). The Hall–Kier alpha value is -2.68. The Labute approximate surface area is 183 Å². The summed E-state index contributed by atoms with van der Waals surface area (Å²) in [6.07, 6.45) is 1.70. The molecule has 4 rings (SSSR count). The van der Waals surface area contributed by atoms with Gasteiger partial charge in [-0.3, -0.25) is 14.7 Å². The molecule has 2 aliphatic heterocycles. The van der Waals surface area contributed by atoms with Gasteiger partial charge in [0.1, 0.15) is 11.4 Å². The highest BCUT2D eigenvalue weighted by molar-refractivity contribution is 5.93. The summed E-state index contributed by atoms with van der Waals surface area (Å²) >= 11 is 0. The average Bonchev–Trinajstić information content (AvgIpc) is 2.85. The zero-order valence-electron chi connectivity index (χ0n) is 18.0. The van der Waals surface area contributed by atoms with Crippen molar-refractivity contribution in [3.8, 4) is 5.75 Å². The second kappa shape index (κ2) is 10.6. The molecular formula is C23H30N4O4. The number of aromatic nitrogens is 1. The number of hydrogen-bond acceptors (Lipinski definition) is 7. The summed E-state index contributed by atoms with van der Waals surface area (Å²) in [5, 5.41) is 3.10. The van der Waals surface area contributed by atoms with Crippen LogP contribution in [0.1, 0.15) is 22.1 Å². The van der Waals surface area contributed by atoms with E-state index in [9.17, 15) is 4.79 Å². The van der Waals surface area contributed by atoms with Gasteiger partial charge < -0.3 is 24.4 Å². The minimum Gasteiger partial charge on any atom is -0.497 e. The number of ether oxygens (including phenoxy) is 3. The van der Waals surface area contributed by atoms with Crippen LogP contribution in [0.2, 0.25) is 0 Å². The van der Waals surface area contributed by atoms with Crippen molar-refractivity contribution in [1.82, 2.24) is 15.2 Å². The van der Waals surface area contributed by atoms with E-state index in [1.165, 1.54) is 0 Å². The number of methoxy groups -OCH3 is 1. The number of morpholine rings is 2. The van der Waals surface area contributed by atoms with Gasteiger partial charge in [-0.15, -0.1) is 0 Å². The van der Waals surface area contributed by atoms with E-state index < -0.39 is 0 Å². The minimum atomic E-state index is -0.165. The molecule has 2 fully saturated rings. The lowest BCUT2D eigenvalue weighted by atomic mass is 10.0. The lowest BCUT2D eigenvalue weighted by Crippen LogP contribution is -2.44. The second-order valence-electron chi connectivity index (χ2n) is 7.65. The summed E-state index contributed by atoms with van der Waals surface area (Å²) in [7, 11) is 1.66. The number of carbonyl (C=O) groups excluding carboxylic acids is 1. The lowest BCUT2D eigenvalue weighted by molar-refractivity contribution is 0.0162. The van der Waals surface area contributed by atoms with Crippen LogP contribution in [0.5, 0.6) is 5.75 Å². The van der Waals surface area contributed by atoms with Crippen molar-refractivity contribution >= 4 is 11.6 Å². The van der Waals surface area contributed by atoms with E-state index in [0.717, 1.165) is 43.2 Å². The first-order valence-corrected chi connectivity index (χ1v) is 10.8. The molecule has 2 saturated heterocycles. The summed E-state index contributed by atoms with van der Waals surface area (Å²) in [6.45, 7) is 6.60. The molecule has 166 valence electrons. The van der Waals surface area contributed by atoms with Crippen LogP contribution >= 0.6 is 0 Å². The third-order valence-corrected chi connectivity index (χ3v) is 5.80. The smallest absolute Gasteiger partial charge is 0.270 e. The Balaban J connectivity index is 1.45. The first kappa shape index (κ1) is 21.5. The third-order valence-electron chi connectivity index (χ3n) is 5.80. The van der Waals surface area contributed by atoms with Crippen LogP contribution in [-0.2, 0) is 9.47 Å². The molecule has 1 N–H and O–H groups in total. The fourth-order valence-corrected chi connectivity index (χ4v) is 4.01. The molecule has 0 spiro atoms. The van der Waals surface area contributed by atoms with Gasteiger partial charge >= 0.3 is 0 Å². The van der Waals surface area contributed by atoms with Gasteiger partial charge in [0.15, 0.2) is 0 Å². The minimum absolute atomic E-state index is 0.0567. The molecule has 1 atom stereocenters. The fourth-order valence-electron chi connectivity index (χ4n) is 4.01. The number of benzene rings is 1. The van der Waals surface area contributed by atoms with Crippen molar-refractivity contribution in [2.45, 2.75) is 6.04 Å². The van der Waals surface area contributed by atoms with Gasteiger partial charge in [0, 0.05) is 44.6 Å². The van der Waals surface area contributed by atoms with E-state index in [-0.39, 0.29) is 11.9 Å². The van der Waals surface area contributed by atoms with Crippen molar-refractivity contribution in [2.75, 3.05) is 71.2 Å². The molecule has 8 heteroatoms. The van der Waals surface area contributed by atoms with E-state index in [1.807, 2.05) is 24.3 Å². The van der Waals surface area contributed by atoms with Gasteiger partial charge in [-0.2, -0.15) is 0 Å². The van der Waals surface area contributed by atoms with Crippen LogP contribution in [0.4, 0.5) is 5.69 Å². The average molecular weight is 427 g/mol. The molecule has 0 bridgehead atoms. The van der Waals surface area contributed by atoms with Gasteiger partial charge in [-0.1, -0.05) is 12.1 Å². The van der Waals surface area contributed by atoms with E-state index >= 15 is 0 Å². The number of pyridine rings is 1. The monoisotopic (exact) mass is 426 g/mol. The van der Waals surface area contributed by atoms with Crippen LogP contribution in [0, 0.1) is 0 Å². The first-order valence-electron chi connectivity index (χ1n) is 10.8. The van der Waals surface area contributed by atoms with E-state index in [1.54, 1.807) is 13.3 Å². The number of amides is 1. The predicted molar refractivity (Wildman–Crippen MR) is 118 cm³/mol. The molecule has 1 aromatic heterocycles. The highest BCUT2D eigenvalue weighted by atomic mass is 16.5. The molecule has 3 heterocycles. The molecule has 31 heavy (non-hydrogen) atoms. The molecule has 1 aromatic carbocycles. The number of nitrogens with zero attached hydrogens (tertiary/aromatic N) is 3. The normalized spacial score (nSPS) is 18.4. The van der Waals surface area contributed by atoms with Gasteiger partial charge in [0.05, 0.1) is 39.6 Å². The number of anilines is 1. The highest BCUT2D eigenvalue weighted by Gasteiger charge is 2.24. The fraction of sp³-hybridized carbons (Fsp3) is 0.478. The number of nitrogens with one attached hydrogen (secondary N) is 1. The van der Waals surface area contributed by atoms with Crippen LogP contribution < -0.4 is 15.0 Å². The second-order valence-corrected chi connectivity index (χ2v) is 7.65. The SMILES string of the molecule is COc1ccc(C(CNC(=O)c2cc(N3CCOCC3)ccn2)N2CCOCC2)cc1. The van der Waals surface area contributed by atoms with E-state index in [4.69, 9.17) is 14.2 Å². The molecule has 1 amide bonds. The maximum absolute atomic E-state index is 12.9. The van der Waals surface area contributed by atoms with Crippen molar-refractivity contribution in [3.05, 3.63) is 53.9 Å². The Morgan fingerprint density at radius 2 is 1.74 bits per heavy atom. The van der Waals surface area contributed by atoms with Crippen LogP contribution in [0.15, 0.2) is 42.6 Å². The van der Waals surface area contributed by atoms with Crippen molar-refractivity contribution < 1.29 is 19.0 Å². The Morgan fingerprint density at radius 1 is 1.06 bits per heavy atom. The molecule has 0 saturated carbocycles. The summed E-state index contributed by atoms with van der Waals surface area (Å²) in [6, 6.07) is 11.9. The molecule has 0 radical (unpaired) electrons. The maximum Gasteiger partial charge on any atom is 0.270 e. The van der Waals surface area contributed by atoms with Crippen molar-refractivity contribution in [1.29, 1.82) is 0 Å². The molecule has 2 aliphatic rings. The molecule has 2 aromatic rings. The van der Waals surface area contributed by atoms with Gasteiger partial charge in [0.2, 0.25) is 0 Å². The number of rotatable bonds is 7. The largest absolute Gasteiger partial charge is 0.497 e. The Kier molecular flexibility index (Phi) is 7.35. The van der Waals surface area contributed by atoms with Crippen LogP contribution in [0.3, 0.4) is 0 Å². The number of hydrogen-bond donors (Lipinski definition) is 1. The summed E-state index contributed by atoms with van der Waals surface area (Å²) in [5.41, 5.74) is 2.57.